The van der Waals surface area contributed by atoms with Crippen molar-refractivity contribution in [2.75, 3.05) is 0 Å². The Balaban J connectivity index is 1.21. The molecule has 0 spiro atoms. The summed E-state index contributed by atoms with van der Waals surface area (Å²) in [5, 5.41) is 11.1. The molecule has 1 heterocycles. The first-order valence-corrected chi connectivity index (χ1v) is 15.1. The molecule has 9 rings (SSSR count). The van der Waals surface area contributed by atoms with Crippen molar-refractivity contribution in [3.05, 3.63) is 164 Å². The van der Waals surface area contributed by atoms with Crippen LogP contribution in [0.4, 0.5) is 0 Å². The lowest BCUT2D eigenvalue weighted by Gasteiger charge is -2.18. The maximum atomic E-state index is 5.15. The molecule has 0 N–H and O–H groups in total. The lowest BCUT2D eigenvalue weighted by molar-refractivity contribution is 1.42. The molecule has 0 aliphatic carbocycles. The van der Waals surface area contributed by atoms with Gasteiger partial charge in [0.1, 0.15) is 0 Å². The van der Waals surface area contributed by atoms with E-state index in [1.807, 2.05) is 0 Å². The van der Waals surface area contributed by atoms with Crippen molar-refractivity contribution in [3.63, 3.8) is 0 Å². The molecule has 204 valence electrons. The van der Waals surface area contributed by atoms with E-state index in [1.165, 1.54) is 65.3 Å². The quantitative estimate of drug-likeness (QED) is 0.155. The Bertz CT molecular complexity index is 2490. The van der Waals surface area contributed by atoms with Gasteiger partial charge < -0.3 is 0 Å². The third-order valence-electron chi connectivity index (χ3n) is 9.00. The molecule has 1 aromatic heterocycles. The molecule has 0 bridgehead atoms. The van der Waals surface area contributed by atoms with Crippen molar-refractivity contribution in [1.29, 1.82) is 0 Å². The number of rotatable bonds is 3. The second-order valence-electron chi connectivity index (χ2n) is 11.5. The molecule has 44 heavy (non-hydrogen) atoms. The van der Waals surface area contributed by atoms with E-state index >= 15 is 0 Å². The number of pyridine rings is 1. The molecule has 0 fully saturated rings. The van der Waals surface area contributed by atoms with Crippen molar-refractivity contribution in [2.45, 2.75) is 0 Å². The minimum atomic E-state index is 0.994. The van der Waals surface area contributed by atoms with E-state index in [-0.39, 0.29) is 0 Å². The Morgan fingerprint density at radius 2 is 0.773 bits per heavy atom. The van der Waals surface area contributed by atoms with Crippen molar-refractivity contribution in [3.8, 4) is 33.5 Å². The molecule has 0 unspecified atom stereocenters. The summed E-state index contributed by atoms with van der Waals surface area (Å²) in [5.41, 5.74) is 8.22. The number of nitrogens with zero attached hydrogens (tertiary/aromatic N) is 1. The summed E-state index contributed by atoms with van der Waals surface area (Å²) >= 11 is 0. The Hall–Kier alpha value is -5.79. The molecule has 0 atom stereocenters. The maximum Gasteiger partial charge on any atom is 0.0787 e. The van der Waals surface area contributed by atoms with E-state index in [1.54, 1.807) is 0 Å². The zero-order valence-corrected chi connectivity index (χ0v) is 24.0. The summed E-state index contributed by atoms with van der Waals surface area (Å²) in [6.07, 6.45) is 0. The summed E-state index contributed by atoms with van der Waals surface area (Å²) in [5.74, 6) is 0. The largest absolute Gasteiger partial charge is 0.247 e. The Kier molecular flexibility index (Phi) is 5.57. The highest BCUT2D eigenvalue weighted by Crippen LogP contribution is 2.44. The van der Waals surface area contributed by atoms with Crippen LogP contribution in [0.5, 0.6) is 0 Å². The van der Waals surface area contributed by atoms with E-state index in [0.717, 1.165) is 22.2 Å². The van der Waals surface area contributed by atoms with Crippen molar-refractivity contribution >= 4 is 54.0 Å². The topological polar surface area (TPSA) is 12.9 Å². The maximum absolute atomic E-state index is 5.15. The summed E-state index contributed by atoms with van der Waals surface area (Å²) in [6, 6.07) is 59.2. The summed E-state index contributed by atoms with van der Waals surface area (Å²) < 4.78 is 0. The SMILES string of the molecule is c1ccc(-c2c3ccccc3c(-c3ccc4cc(-c5ccc6ccc7ccccc7c6n5)ccc4c3)c3ccccc23)cc1. The van der Waals surface area contributed by atoms with Gasteiger partial charge in [-0.3, -0.25) is 0 Å². The van der Waals surface area contributed by atoms with Crippen LogP contribution in [0.1, 0.15) is 0 Å². The van der Waals surface area contributed by atoms with Crippen LogP contribution in [0.3, 0.4) is 0 Å². The third-order valence-corrected chi connectivity index (χ3v) is 9.00. The zero-order chi connectivity index (χ0) is 29.0. The molecule has 0 saturated carbocycles. The first-order chi connectivity index (χ1) is 21.8. The molecule has 0 aliphatic heterocycles. The van der Waals surface area contributed by atoms with Crippen LogP contribution in [-0.2, 0) is 0 Å². The van der Waals surface area contributed by atoms with Crippen molar-refractivity contribution in [1.82, 2.24) is 4.98 Å². The summed E-state index contributed by atoms with van der Waals surface area (Å²) in [6.45, 7) is 0. The van der Waals surface area contributed by atoms with Gasteiger partial charge >= 0.3 is 0 Å². The number of aromatic nitrogens is 1. The van der Waals surface area contributed by atoms with Gasteiger partial charge in [0.25, 0.3) is 0 Å². The Labute approximate surface area is 255 Å². The molecule has 0 radical (unpaired) electrons. The van der Waals surface area contributed by atoms with Gasteiger partial charge in [0.15, 0.2) is 0 Å². The number of fused-ring (bicyclic) bond motifs is 6. The van der Waals surface area contributed by atoms with Crippen LogP contribution < -0.4 is 0 Å². The fraction of sp³-hybridized carbons (Fsp3) is 0. The van der Waals surface area contributed by atoms with E-state index in [0.29, 0.717) is 0 Å². The molecule has 1 heteroatoms. The van der Waals surface area contributed by atoms with Crippen LogP contribution >= 0.6 is 0 Å². The number of hydrogen-bond acceptors (Lipinski definition) is 1. The van der Waals surface area contributed by atoms with E-state index in [2.05, 4.69) is 164 Å². The molecular weight excluding hydrogens is 530 g/mol. The monoisotopic (exact) mass is 557 g/mol. The van der Waals surface area contributed by atoms with E-state index in [9.17, 15) is 0 Å². The van der Waals surface area contributed by atoms with Gasteiger partial charge in [0.05, 0.1) is 11.2 Å². The standard InChI is InChI=1S/C43H27N/c1-2-11-29(12-3-1)41-36-14-6-8-16-38(36)42(39-17-9-7-15-37(39)41)34-23-21-31-26-33(22-20-32(31)27-34)40-25-24-30-19-18-28-10-4-5-13-35(28)43(30)44-40/h1-27H. The first kappa shape index (κ1) is 24.8. The Morgan fingerprint density at radius 1 is 0.295 bits per heavy atom. The van der Waals surface area contributed by atoms with Crippen LogP contribution in [0.15, 0.2) is 164 Å². The van der Waals surface area contributed by atoms with Crippen molar-refractivity contribution < 1.29 is 0 Å². The van der Waals surface area contributed by atoms with Crippen LogP contribution in [0.2, 0.25) is 0 Å². The summed E-state index contributed by atoms with van der Waals surface area (Å²) in [4.78, 5) is 5.15. The van der Waals surface area contributed by atoms with Crippen LogP contribution in [0.25, 0.3) is 87.5 Å². The highest BCUT2D eigenvalue weighted by Gasteiger charge is 2.16. The van der Waals surface area contributed by atoms with Crippen LogP contribution in [-0.4, -0.2) is 4.98 Å². The number of benzene rings is 8. The highest BCUT2D eigenvalue weighted by atomic mass is 14.7. The molecule has 0 saturated heterocycles. The fourth-order valence-electron chi connectivity index (χ4n) is 6.93. The number of hydrogen-bond donors (Lipinski definition) is 0. The normalized spacial score (nSPS) is 11.6. The molecule has 8 aromatic carbocycles. The minimum absolute atomic E-state index is 0.994. The fourth-order valence-corrected chi connectivity index (χ4v) is 6.93. The molecule has 9 aromatic rings. The molecule has 1 nitrogen and oxygen atoms in total. The van der Waals surface area contributed by atoms with Gasteiger partial charge in [-0.1, -0.05) is 146 Å². The van der Waals surface area contributed by atoms with Gasteiger partial charge in [-0.25, -0.2) is 4.98 Å². The smallest absolute Gasteiger partial charge is 0.0787 e. The zero-order valence-electron chi connectivity index (χ0n) is 24.0. The predicted molar refractivity (Wildman–Crippen MR) is 188 cm³/mol. The van der Waals surface area contributed by atoms with Gasteiger partial charge in [0.2, 0.25) is 0 Å². The van der Waals surface area contributed by atoms with Gasteiger partial charge in [0, 0.05) is 16.3 Å². The van der Waals surface area contributed by atoms with E-state index < -0.39 is 0 Å². The molecule has 0 aliphatic rings. The second kappa shape index (κ2) is 9.90. The van der Waals surface area contributed by atoms with Crippen molar-refractivity contribution in [2.24, 2.45) is 0 Å². The van der Waals surface area contributed by atoms with Gasteiger partial charge in [-0.15, -0.1) is 0 Å². The Morgan fingerprint density at radius 3 is 1.45 bits per heavy atom. The molecule has 0 amide bonds. The average molecular weight is 558 g/mol. The highest BCUT2D eigenvalue weighted by molar-refractivity contribution is 6.21. The lowest BCUT2D eigenvalue weighted by Crippen LogP contribution is -1.91. The molecular formula is C43H27N. The van der Waals surface area contributed by atoms with Gasteiger partial charge in [-0.05, 0) is 78.2 Å². The lowest BCUT2D eigenvalue weighted by atomic mass is 9.85. The summed E-state index contributed by atoms with van der Waals surface area (Å²) in [7, 11) is 0. The second-order valence-corrected chi connectivity index (χ2v) is 11.5. The predicted octanol–water partition coefficient (Wildman–Crippen LogP) is 11.8. The third kappa shape index (κ3) is 3.91. The van der Waals surface area contributed by atoms with Gasteiger partial charge in [-0.2, -0.15) is 0 Å². The minimum Gasteiger partial charge on any atom is -0.247 e. The van der Waals surface area contributed by atoms with Crippen LogP contribution in [0, 0.1) is 0 Å². The van der Waals surface area contributed by atoms with E-state index in [4.69, 9.17) is 4.98 Å². The first-order valence-electron chi connectivity index (χ1n) is 15.1. The average Bonchev–Trinajstić information content (AvgIpc) is 3.10.